The molecule has 10 nitrogen and oxygen atoms in total. The lowest BCUT2D eigenvalue weighted by molar-refractivity contribution is 0.0562. The molecule has 4 rings (SSSR count). The molecule has 2 amide bonds. The molecule has 1 aromatic carbocycles. The predicted octanol–water partition coefficient (Wildman–Crippen LogP) is 4.68. The van der Waals surface area contributed by atoms with Crippen LogP contribution in [-0.2, 0) is 16.8 Å². The number of amides is 2. The number of hydrogen-bond acceptors (Lipinski definition) is 7. The van der Waals surface area contributed by atoms with Gasteiger partial charge in [-0.2, -0.15) is 5.26 Å². The summed E-state index contributed by atoms with van der Waals surface area (Å²) < 4.78 is 49.2. The molecule has 1 atom stereocenters. The normalized spacial score (nSPS) is 16.6. The second-order valence-corrected chi connectivity index (χ2v) is 9.95. The minimum atomic E-state index is -2.90. The summed E-state index contributed by atoms with van der Waals surface area (Å²) in [6, 6.07) is 8.46. The monoisotopic (exact) mass is 539 g/mol. The molecule has 2 N–H and O–H groups in total. The number of carbonyl (C=O) groups excluding carboxylic acids is 2. The number of nitriles is 1. The number of amidine groups is 1. The summed E-state index contributed by atoms with van der Waals surface area (Å²) in [5, 5.41) is 14.0. The van der Waals surface area contributed by atoms with Gasteiger partial charge in [0.1, 0.15) is 34.4 Å². The maximum Gasteiger partial charge on any atom is 0.413 e. The van der Waals surface area contributed by atoms with Crippen molar-refractivity contribution >= 4 is 23.5 Å². The van der Waals surface area contributed by atoms with E-state index in [2.05, 4.69) is 25.6 Å². The van der Waals surface area contributed by atoms with Gasteiger partial charge in [0, 0.05) is 17.4 Å². The number of nitrogens with one attached hydrogen (secondary N) is 2. The highest BCUT2D eigenvalue weighted by Crippen LogP contribution is 2.37. The number of ether oxygens (including phenoxy) is 1. The van der Waals surface area contributed by atoms with E-state index in [1.807, 2.05) is 6.07 Å². The molecule has 0 fully saturated rings. The summed E-state index contributed by atoms with van der Waals surface area (Å²) in [4.78, 5) is 37.6. The quantitative estimate of drug-likeness (QED) is 0.495. The number of pyridine rings is 1. The van der Waals surface area contributed by atoms with Crippen molar-refractivity contribution in [2.75, 3.05) is 5.32 Å². The smallest absolute Gasteiger partial charge is 0.413 e. The molecule has 0 saturated carbocycles. The number of anilines is 1. The maximum atomic E-state index is 15.2. The summed E-state index contributed by atoms with van der Waals surface area (Å²) in [5.41, 5.74) is -2.34. The topological polar surface area (TPSA) is 134 Å². The lowest BCUT2D eigenvalue weighted by Crippen LogP contribution is -2.44. The molecule has 2 aromatic heterocycles. The third-order valence-electron chi connectivity index (χ3n) is 5.70. The molecule has 1 unspecified atom stereocenters. The number of halogens is 3. The second kappa shape index (κ2) is 10.2. The molecule has 39 heavy (non-hydrogen) atoms. The van der Waals surface area contributed by atoms with Gasteiger partial charge in [-0.3, -0.25) is 15.1 Å². The first-order valence-corrected chi connectivity index (χ1v) is 11.7. The SMILES string of the molecule is CC(C)(C)OC(=O)NC1=NC(C)(c2cc(NC(=O)c3ccc(C#N)cn3)ccc2F)Cn2c(C(F)F)cnc21. The van der Waals surface area contributed by atoms with E-state index < -0.39 is 41.1 Å². The van der Waals surface area contributed by atoms with Crippen molar-refractivity contribution in [1.29, 1.82) is 5.26 Å². The zero-order valence-corrected chi connectivity index (χ0v) is 21.4. The van der Waals surface area contributed by atoms with E-state index in [4.69, 9.17) is 10.00 Å². The number of rotatable bonds is 4. The van der Waals surface area contributed by atoms with Gasteiger partial charge < -0.3 is 14.6 Å². The van der Waals surface area contributed by atoms with Crippen molar-refractivity contribution in [1.82, 2.24) is 19.9 Å². The number of fused-ring (bicyclic) bond motifs is 1. The van der Waals surface area contributed by atoms with Crippen LogP contribution in [0.2, 0.25) is 0 Å². The molecule has 3 aromatic rings. The average Bonchev–Trinajstić information content (AvgIpc) is 3.28. The Kier molecular flexibility index (Phi) is 7.14. The Morgan fingerprint density at radius 2 is 1.90 bits per heavy atom. The summed E-state index contributed by atoms with van der Waals surface area (Å²) in [6.07, 6.45) is -1.58. The molecule has 0 saturated heterocycles. The molecular formula is C26H24F3N7O3. The molecular weight excluding hydrogens is 515 g/mol. The highest BCUT2D eigenvalue weighted by molar-refractivity contribution is 6.05. The molecule has 13 heteroatoms. The lowest BCUT2D eigenvalue weighted by atomic mass is 9.90. The van der Waals surface area contributed by atoms with E-state index in [0.29, 0.717) is 0 Å². The standard InChI is InChI=1S/C26H24F3N7O3/c1-25(2,3)39-24(38)34-21-22-32-12-19(20(28)29)36(22)13-26(4,35-21)16-9-15(6-7-17(16)27)33-23(37)18-8-5-14(10-30)11-31-18/h5-9,11-12,20H,13H2,1-4H3,(H,33,37)(H,34,35,38). The van der Waals surface area contributed by atoms with Gasteiger partial charge in [-0.25, -0.2) is 27.9 Å². The van der Waals surface area contributed by atoms with Crippen molar-refractivity contribution in [3.63, 3.8) is 0 Å². The summed E-state index contributed by atoms with van der Waals surface area (Å²) in [6.45, 7) is 6.23. The van der Waals surface area contributed by atoms with Crippen LogP contribution in [0.1, 0.15) is 67.3 Å². The summed E-state index contributed by atoms with van der Waals surface area (Å²) in [7, 11) is 0. The van der Waals surface area contributed by atoms with Crippen molar-refractivity contribution in [3.05, 3.63) is 76.9 Å². The van der Waals surface area contributed by atoms with Crippen LogP contribution in [0.15, 0.2) is 47.7 Å². The number of aliphatic imine (C=N–C) groups is 1. The third kappa shape index (κ3) is 5.90. The minimum absolute atomic E-state index is 0.0234. The number of alkyl halides is 2. The van der Waals surface area contributed by atoms with Gasteiger partial charge in [0.2, 0.25) is 0 Å². The highest BCUT2D eigenvalue weighted by atomic mass is 19.3. The Morgan fingerprint density at radius 1 is 1.15 bits per heavy atom. The van der Waals surface area contributed by atoms with Crippen molar-refractivity contribution in [2.45, 2.75) is 51.8 Å². The maximum absolute atomic E-state index is 15.2. The molecule has 1 aliphatic heterocycles. The minimum Gasteiger partial charge on any atom is -0.444 e. The van der Waals surface area contributed by atoms with E-state index in [1.54, 1.807) is 20.8 Å². The van der Waals surface area contributed by atoms with Crippen LogP contribution in [0.3, 0.4) is 0 Å². The Labute approximate surface area is 221 Å². The van der Waals surface area contributed by atoms with E-state index in [0.717, 1.165) is 16.8 Å². The van der Waals surface area contributed by atoms with Gasteiger partial charge >= 0.3 is 6.09 Å². The van der Waals surface area contributed by atoms with E-state index in [-0.39, 0.29) is 40.7 Å². The molecule has 0 spiro atoms. The summed E-state index contributed by atoms with van der Waals surface area (Å²) in [5.74, 6) is -1.54. The van der Waals surface area contributed by atoms with Gasteiger partial charge in [0.15, 0.2) is 11.7 Å². The van der Waals surface area contributed by atoms with Gasteiger partial charge in [-0.1, -0.05) is 0 Å². The number of nitrogens with zero attached hydrogens (tertiary/aromatic N) is 5. The first-order valence-electron chi connectivity index (χ1n) is 11.7. The van der Waals surface area contributed by atoms with Crippen LogP contribution >= 0.6 is 0 Å². The Morgan fingerprint density at radius 3 is 2.51 bits per heavy atom. The zero-order valence-electron chi connectivity index (χ0n) is 21.4. The molecule has 3 heterocycles. The molecule has 0 bridgehead atoms. The first kappa shape index (κ1) is 27.3. The fourth-order valence-electron chi connectivity index (χ4n) is 3.99. The largest absolute Gasteiger partial charge is 0.444 e. The van der Waals surface area contributed by atoms with Crippen LogP contribution in [0.5, 0.6) is 0 Å². The number of hydrogen-bond donors (Lipinski definition) is 2. The second-order valence-electron chi connectivity index (χ2n) is 9.95. The molecule has 0 radical (unpaired) electrons. The fourth-order valence-corrected chi connectivity index (χ4v) is 3.99. The Balaban J connectivity index is 1.71. The average molecular weight is 540 g/mol. The van der Waals surface area contributed by atoms with Crippen LogP contribution in [-0.4, -0.2) is 38.0 Å². The van der Waals surface area contributed by atoms with Crippen molar-refractivity contribution < 1.29 is 27.5 Å². The van der Waals surface area contributed by atoms with E-state index in [1.165, 1.54) is 37.4 Å². The molecule has 202 valence electrons. The van der Waals surface area contributed by atoms with E-state index in [9.17, 15) is 18.4 Å². The van der Waals surface area contributed by atoms with Crippen molar-refractivity contribution in [2.24, 2.45) is 4.99 Å². The van der Waals surface area contributed by atoms with Crippen LogP contribution < -0.4 is 10.6 Å². The zero-order chi connectivity index (χ0) is 28.5. The highest BCUT2D eigenvalue weighted by Gasteiger charge is 2.39. The summed E-state index contributed by atoms with van der Waals surface area (Å²) >= 11 is 0. The van der Waals surface area contributed by atoms with Gasteiger partial charge in [-0.15, -0.1) is 0 Å². The van der Waals surface area contributed by atoms with Crippen LogP contribution in [0.4, 0.5) is 23.7 Å². The van der Waals surface area contributed by atoms with Gasteiger partial charge in [0.05, 0.1) is 18.3 Å². The van der Waals surface area contributed by atoms with E-state index >= 15 is 4.39 Å². The number of alkyl carbamates (subject to hydrolysis) is 1. The lowest BCUT2D eigenvalue weighted by Gasteiger charge is -2.33. The van der Waals surface area contributed by atoms with Gasteiger partial charge in [-0.05, 0) is 58.0 Å². The fraction of sp³-hybridized carbons (Fsp3) is 0.308. The first-order chi connectivity index (χ1) is 18.3. The number of carbonyl (C=O) groups is 2. The number of benzene rings is 1. The number of imidazole rings is 1. The molecule has 0 aliphatic carbocycles. The molecule has 1 aliphatic rings. The van der Waals surface area contributed by atoms with Crippen LogP contribution in [0.25, 0.3) is 0 Å². The predicted molar refractivity (Wildman–Crippen MR) is 134 cm³/mol. The number of aromatic nitrogens is 3. The van der Waals surface area contributed by atoms with Crippen LogP contribution in [0, 0.1) is 17.1 Å². The third-order valence-corrected chi connectivity index (χ3v) is 5.70. The van der Waals surface area contributed by atoms with Gasteiger partial charge in [0.25, 0.3) is 12.3 Å². The Bertz CT molecular complexity index is 1500. The Hall–Kier alpha value is -4.73. The van der Waals surface area contributed by atoms with Crippen molar-refractivity contribution in [3.8, 4) is 6.07 Å².